The number of morpholine rings is 1. The van der Waals surface area contributed by atoms with Crippen molar-refractivity contribution >= 4 is 42.1 Å². The van der Waals surface area contributed by atoms with E-state index < -0.39 is 0 Å². The van der Waals surface area contributed by atoms with Gasteiger partial charge in [-0.2, -0.15) is 0 Å². The van der Waals surface area contributed by atoms with Crippen LogP contribution in [0, 0.1) is 5.82 Å². The molecule has 1 amide bonds. The van der Waals surface area contributed by atoms with E-state index in [9.17, 15) is 9.18 Å². The molecule has 1 aliphatic rings. The van der Waals surface area contributed by atoms with Gasteiger partial charge in [0, 0.05) is 30.9 Å². The summed E-state index contributed by atoms with van der Waals surface area (Å²) in [5.41, 5.74) is 6.60. The first-order valence-electron chi connectivity index (χ1n) is 6.82. The van der Waals surface area contributed by atoms with Crippen molar-refractivity contribution < 1.29 is 13.9 Å². The number of anilines is 2. The first-order chi connectivity index (χ1) is 9.69. The van der Waals surface area contributed by atoms with E-state index in [2.05, 4.69) is 5.32 Å². The summed E-state index contributed by atoms with van der Waals surface area (Å²) in [4.78, 5) is 13.7. The third kappa shape index (κ3) is 6.36. The molecule has 0 radical (unpaired) electrons. The van der Waals surface area contributed by atoms with Crippen LogP contribution in [0.5, 0.6) is 0 Å². The van der Waals surface area contributed by atoms with Gasteiger partial charge in [-0.3, -0.25) is 4.79 Å². The van der Waals surface area contributed by atoms with Crippen molar-refractivity contribution in [3.8, 4) is 0 Å². The maximum atomic E-state index is 13.7. The number of ether oxygens (including phenoxy) is 1. The second kappa shape index (κ2) is 10.6. The fourth-order valence-electron chi connectivity index (χ4n) is 2.14. The fourth-order valence-corrected chi connectivity index (χ4v) is 2.14. The quantitative estimate of drug-likeness (QED) is 0.851. The van der Waals surface area contributed by atoms with Crippen LogP contribution in [0.3, 0.4) is 0 Å². The largest absolute Gasteiger partial charge is 0.378 e. The van der Waals surface area contributed by atoms with Gasteiger partial charge < -0.3 is 20.7 Å². The van der Waals surface area contributed by atoms with Crippen molar-refractivity contribution in [1.29, 1.82) is 0 Å². The van der Waals surface area contributed by atoms with Crippen molar-refractivity contribution in [2.45, 2.75) is 12.8 Å². The molecule has 1 heterocycles. The zero-order chi connectivity index (χ0) is 14.4. The Labute approximate surface area is 142 Å². The van der Waals surface area contributed by atoms with Crippen LogP contribution in [0.1, 0.15) is 12.8 Å². The molecule has 0 bridgehead atoms. The van der Waals surface area contributed by atoms with Crippen LogP contribution < -0.4 is 16.0 Å². The number of hydrogen-bond donors (Lipinski definition) is 2. The Hall–Kier alpha value is -1.08. The number of halogens is 3. The lowest BCUT2D eigenvalue weighted by molar-refractivity contribution is -0.116. The Morgan fingerprint density at radius 3 is 2.59 bits per heavy atom. The Bertz CT molecular complexity index is 471. The molecule has 0 aromatic heterocycles. The molecule has 1 aromatic rings. The Morgan fingerprint density at radius 2 is 1.95 bits per heavy atom. The van der Waals surface area contributed by atoms with Crippen LogP contribution in [-0.2, 0) is 9.53 Å². The molecule has 1 aliphatic heterocycles. The van der Waals surface area contributed by atoms with E-state index in [1.165, 1.54) is 12.1 Å². The van der Waals surface area contributed by atoms with Gasteiger partial charge in [-0.15, -0.1) is 24.8 Å². The summed E-state index contributed by atoms with van der Waals surface area (Å²) in [7, 11) is 0. The lowest BCUT2D eigenvalue weighted by Gasteiger charge is -2.29. The van der Waals surface area contributed by atoms with Gasteiger partial charge in [0.05, 0.1) is 13.2 Å². The molecular formula is C14H22Cl2FN3O2. The second-order valence-electron chi connectivity index (χ2n) is 4.74. The second-order valence-corrected chi connectivity index (χ2v) is 4.74. The maximum Gasteiger partial charge on any atom is 0.224 e. The Balaban J connectivity index is 0.00000220. The number of nitrogens with one attached hydrogen (secondary N) is 1. The minimum atomic E-state index is -0.358. The zero-order valence-electron chi connectivity index (χ0n) is 12.2. The summed E-state index contributed by atoms with van der Waals surface area (Å²) in [5, 5.41) is 2.70. The number of carbonyl (C=O) groups excluding carboxylic acids is 1. The van der Waals surface area contributed by atoms with E-state index in [1.807, 2.05) is 4.90 Å². The lowest BCUT2D eigenvalue weighted by atomic mass is 10.2. The Kier molecular flexibility index (Phi) is 10.1. The normalized spacial score (nSPS) is 13.8. The summed E-state index contributed by atoms with van der Waals surface area (Å²) in [6, 6.07) is 4.58. The highest BCUT2D eigenvalue weighted by Crippen LogP contribution is 2.23. The van der Waals surface area contributed by atoms with E-state index >= 15 is 0 Å². The third-order valence-corrected chi connectivity index (χ3v) is 3.15. The molecule has 126 valence electrons. The highest BCUT2D eigenvalue weighted by atomic mass is 35.5. The van der Waals surface area contributed by atoms with Gasteiger partial charge >= 0.3 is 0 Å². The smallest absolute Gasteiger partial charge is 0.224 e. The topological polar surface area (TPSA) is 67.6 Å². The molecule has 0 spiro atoms. The predicted octanol–water partition coefficient (Wildman–Crippen LogP) is 2.18. The number of hydrogen-bond acceptors (Lipinski definition) is 4. The van der Waals surface area contributed by atoms with Crippen LogP contribution in [0.15, 0.2) is 18.2 Å². The highest BCUT2D eigenvalue weighted by Gasteiger charge is 2.13. The van der Waals surface area contributed by atoms with Gasteiger partial charge in [-0.05, 0) is 31.2 Å². The van der Waals surface area contributed by atoms with Crippen molar-refractivity contribution in [2.24, 2.45) is 5.73 Å². The number of benzene rings is 1. The minimum absolute atomic E-state index is 0. The number of amides is 1. The average Bonchev–Trinajstić information content (AvgIpc) is 2.45. The molecule has 0 aliphatic carbocycles. The summed E-state index contributed by atoms with van der Waals surface area (Å²) < 4.78 is 18.9. The number of carbonyl (C=O) groups is 1. The average molecular weight is 354 g/mol. The molecule has 5 nitrogen and oxygen atoms in total. The standard InChI is InChI=1S/C14H20FN3O2.2ClH/c15-11-8-12(17-14(19)2-1-3-16)10-13(9-11)18-4-6-20-7-5-18;;/h8-10H,1-7,16H2,(H,17,19);2*1H. The first kappa shape index (κ1) is 20.9. The molecule has 3 N–H and O–H groups in total. The molecular weight excluding hydrogens is 332 g/mol. The summed E-state index contributed by atoms with van der Waals surface area (Å²) >= 11 is 0. The van der Waals surface area contributed by atoms with Crippen LogP contribution in [0.2, 0.25) is 0 Å². The molecule has 0 saturated carbocycles. The minimum Gasteiger partial charge on any atom is -0.378 e. The molecule has 1 fully saturated rings. The van der Waals surface area contributed by atoms with Crippen molar-refractivity contribution in [3.05, 3.63) is 24.0 Å². The van der Waals surface area contributed by atoms with E-state index in [4.69, 9.17) is 10.5 Å². The number of rotatable bonds is 5. The third-order valence-electron chi connectivity index (χ3n) is 3.15. The fraction of sp³-hybridized carbons (Fsp3) is 0.500. The summed E-state index contributed by atoms with van der Waals surface area (Å²) in [6.45, 7) is 3.19. The zero-order valence-corrected chi connectivity index (χ0v) is 13.9. The summed E-state index contributed by atoms with van der Waals surface area (Å²) in [6.07, 6.45) is 0.970. The predicted molar refractivity (Wildman–Crippen MR) is 90.8 cm³/mol. The van der Waals surface area contributed by atoms with Crippen LogP contribution in [0.25, 0.3) is 0 Å². The van der Waals surface area contributed by atoms with E-state index in [0.29, 0.717) is 38.3 Å². The van der Waals surface area contributed by atoms with Gasteiger partial charge in [0.15, 0.2) is 0 Å². The molecule has 0 unspecified atom stereocenters. The number of nitrogens with zero attached hydrogens (tertiary/aromatic N) is 1. The molecule has 8 heteroatoms. The van der Waals surface area contributed by atoms with E-state index in [1.54, 1.807) is 6.07 Å². The van der Waals surface area contributed by atoms with Crippen molar-refractivity contribution in [3.63, 3.8) is 0 Å². The lowest BCUT2D eigenvalue weighted by Crippen LogP contribution is -2.36. The first-order valence-corrected chi connectivity index (χ1v) is 6.82. The van der Waals surface area contributed by atoms with Gasteiger partial charge in [0.1, 0.15) is 5.82 Å². The van der Waals surface area contributed by atoms with Crippen LogP contribution in [0.4, 0.5) is 15.8 Å². The summed E-state index contributed by atoms with van der Waals surface area (Å²) in [5.74, 6) is -0.503. The van der Waals surface area contributed by atoms with Gasteiger partial charge in [0.2, 0.25) is 5.91 Å². The number of nitrogens with two attached hydrogens (primary N) is 1. The highest BCUT2D eigenvalue weighted by molar-refractivity contribution is 5.91. The van der Waals surface area contributed by atoms with Gasteiger partial charge in [-0.1, -0.05) is 0 Å². The van der Waals surface area contributed by atoms with E-state index in [0.717, 1.165) is 18.8 Å². The van der Waals surface area contributed by atoms with Crippen LogP contribution in [-0.4, -0.2) is 38.8 Å². The Morgan fingerprint density at radius 1 is 1.27 bits per heavy atom. The SMILES string of the molecule is Cl.Cl.NCCCC(=O)Nc1cc(F)cc(N2CCOCC2)c1. The maximum absolute atomic E-state index is 13.7. The van der Waals surface area contributed by atoms with Crippen LogP contribution >= 0.6 is 24.8 Å². The van der Waals surface area contributed by atoms with Crippen molar-refractivity contribution in [2.75, 3.05) is 43.1 Å². The molecule has 22 heavy (non-hydrogen) atoms. The molecule has 1 saturated heterocycles. The molecule has 1 aromatic carbocycles. The van der Waals surface area contributed by atoms with Gasteiger partial charge in [-0.25, -0.2) is 4.39 Å². The van der Waals surface area contributed by atoms with Crippen molar-refractivity contribution in [1.82, 2.24) is 0 Å². The van der Waals surface area contributed by atoms with E-state index in [-0.39, 0.29) is 36.5 Å². The molecule has 2 rings (SSSR count). The van der Waals surface area contributed by atoms with Gasteiger partial charge in [0.25, 0.3) is 0 Å². The monoisotopic (exact) mass is 353 g/mol. The molecule has 0 atom stereocenters.